The van der Waals surface area contributed by atoms with E-state index in [0.717, 1.165) is 32.6 Å². The molecular weight excluding hydrogens is 312 g/mol. The molecule has 0 aliphatic carbocycles. The number of H-pyrrole nitrogens is 1. The summed E-state index contributed by atoms with van der Waals surface area (Å²) in [5.74, 6) is 0.235. The van der Waals surface area contributed by atoms with Crippen molar-refractivity contribution in [3.05, 3.63) is 35.5 Å². The van der Waals surface area contributed by atoms with Gasteiger partial charge < -0.3 is 14.8 Å². The lowest BCUT2D eigenvalue weighted by Gasteiger charge is -2.29. The van der Waals surface area contributed by atoms with E-state index in [1.165, 1.54) is 48.1 Å². The van der Waals surface area contributed by atoms with E-state index in [4.69, 9.17) is 0 Å². The molecule has 1 amide bonds. The van der Waals surface area contributed by atoms with Crippen LogP contribution < -0.4 is 0 Å². The van der Waals surface area contributed by atoms with Crippen LogP contribution in [0, 0.1) is 0 Å². The summed E-state index contributed by atoms with van der Waals surface area (Å²) in [6.45, 7) is 6.55. The number of amides is 1. The van der Waals surface area contributed by atoms with Crippen molar-refractivity contribution in [3.8, 4) is 0 Å². The molecule has 5 heteroatoms. The smallest absolute Gasteiger partial charge is 0.236 e. The summed E-state index contributed by atoms with van der Waals surface area (Å²) in [5.41, 5.74) is 3.92. The van der Waals surface area contributed by atoms with Gasteiger partial charge in [0.25, 0.3) is 0 Å². The minimum absolute atomic E-state index is 0.235. The van der Waals surface area contributed by atoms with Crippen LogP contribution in [0.4, 0.5) is 0 Å². The van der Waals surface area contributed by atoms with E-state index in [9.17, 15) is 4.79 Å². The van der Waals surface area contributed by atoms with Gasteiger partial charge in [0.15, 0.2) is 0 Å². The predicted octanol–water partition coefficient (Wildman–Crippen LogP) is 2.08. The Bertz CT molecular complexity index is 747. The predicted molar refractivity (Wildman–Crippen MR) is 101 cm³/mol. The van der Waals surface area contributed by atoms with Crippen molar-refractivity contribution in [2.45, 2.75) is 25.8 Å². The number of carbonyl (C=O) groups excluding carboxylic acids is 1. The van der Waals surface area contributed by atoms with Crippen LogP contribution in [0.3, 0.4) is 0 Å². The minimum atomic E-state index is 0.235. The second-order valence-corrected chi connectivity index (χ2v) is 7.45. The van der Waals surface area contributed by atoms with E-state index in [-0.39, 0.29) is 5.91 Å². The first-order chi connectivity index (χ1) is 12.2. The number of para-hydroxylation sites is 1. The molecule has 0 atom stereocenters. The molecule has 0 spiro atoms. The quantitative estimate of drug-likeness (QED) is 0.906. The van der Waals surface area contributed by atoms with Crippen LogP contribution in [0.2, 0.25) is 0 Å². The molecule has 2 aliphatic heterocycles. The molecule has 1 aromatic carbocycles. The lowest BCUT2D eigenvalue weighted by Crippen LogP contribution is -2.42. The normalized spacial score (nSPS) is 18.6. The number of aromatic amines is 1. The Kier molecular flexibility index (Phi) is 4.77. The number of likely N-dealkylation sites (N-methyl/N-ethyl adjacent to an activating group) is 1. The van der Waals surface area contributed by atoms with Gasteiger partial charge in [-0.05, 0) is 44.0 Å². The van der Waals surface area contributed by atoms with Crippen LogP contribution in [-0.2, 0) is 17.8 Å². The van der Waals surface area contributed by atoms with Gasteiger partial charge >= 0.3 is 0 Å². The number of fused-ring (bicyclic) bond motifs is 3. The third-order valence-corrected chi connectivity index (χ3v) is 5.70. The van der Waals surface area contributed by atoms with Crippen molar-refractivity contribution < 1.29 is 4.79 Å². The third-order valence-electron chi connectivity index (χ3n) is 5.70. The lowest BCUT2D eigenvalue weighted by atomic mass is 10.0. The highest BCUT2D eigenvalue weighted by Gasteiger charge is 2.23. The van der Waals surface area contributed by atoms with Crippen molar-refractivity contribution in [2.75, 3.05) is 46.3 Å². The lowest BCUT2D eigenvalue weighted by molar-refractivity contribution is -0.131. The summed E-state index contributed by atoms with van der Waals surface area (Å²) in [4.78, 5) is 22.7. The van der Waals surface area contributed by atoms with Crippen LogP contribution in [0.25, 0.3) is 10.9 Å². The topological polar surface area (TPSA) is 42.6 Å². The van der Waals surface area contributed by atoms with Gasteiger partial charge in [-0.3, -0.25) is 9.69 Å². The number of aromatic nitrogens is 1. The van der Waals surface area contributed by atoms with Crippen LogP contribution in [0.15, 0.2) is 24.3 Å². The maximum absolute atomic E-state index is 12.6. The van der Waals surface area contributed by atoms with Gasteiger partial charge in [0.2, 0.25) is 5.91 Å². The zero-order chi connectivity index (χ0) is 17.2. The summed E-state index contributed by atoms with van der Waals surface area (Å²) in [6.07, 6.45) is 3.63. The SMILES string of the molecule is CN(CCN1CCCC1)C(=O)CN1CCc2c([nH]c3ccccc23)C1. The number of carbonyl (C=O) groups is 1. The number of nitrogens with one attached hydrogen (secondary N) is 1. The van der Waals surface area contributed by atoms with Gasteiger partial charge in [-0.1, -0.05) is 18.2 Å². The third kappa shape index (κ3) is 3.58. The Morgan fingerprint density at radius 1 is 1.16 bits per heavy atom. The molecule has 3 heterocycles. The Morgan fingerprint density at radius 3 is 2.80 bits per heavy atom. The molecule has 4 rings (SSSR count). The number of rotatable bonds is 5. The fraction of sp³-hybridized carbons (Fsp3) is 0.550. The highest BCUT2D eigenvalue weighted by molar-refractivity contribution is 5.85. The average molecular weight is 340 g/mol. The van der Waals surface area contributed by atoms with Crippen molar-refractivity contribution in [1.29, 1.82) is 0 Å². The fourth-order valence-corrected chi connectivity index (χ4v) is 4.12. The second kappa shape index (κ2) is 7.18. The number of hydrogen-bond acceptors (Lipinski definition) is 3. The van der Waals surface area contributed by atoms with Crippen LogP contribution in [0.5, 0.6) is 0 Å². The molecule has 0 saturated carbocycles. The van der Waals surface area contributed by atoms with Crippen LogP contribution in [0.1, 0.15) is 24.1 Å². The Balaban J connectivity index is 1.33. The summed E-state index contributed by atoms with van der Waals surface area (Å²) in [6, 6.07) is 8.50. The summed E-state index contributed by atoms with van der Waals surface area (Å²) in [7, 11) is 1.94. The van der Waals surface area contributed by atoms with Crippen molar-refractivity contribution in [1.82, 2.24) is 19.7 Å². The first-order valence-corrected chi connectivity index (χ1v) is 9.48. The maximum Gasteiger partial charge on any atom is 0.236 e. The number of likely N-dealkylation sites (tertiary alicyclic amines) is 1. The van der Waals surface area contributed by atoms with Crippen molar-refractivity contribution in [2.24, 2.45) is 0 Å². The summed E-state index contributed by atoms with van der Waals surface area (Å²) in [5, 5.41) is 1.34. The number of hydrogen-bond donors (Lipinski definition) is 1. The van der Waals surface area contributed by atoms with Crippen LogP contribution in [-0.4, -0.2) is 71.9 Å². The Labute approximate surface area is 149 Å². The Morgan fingerprint density at radius 2 is 1.96 bits per heavy atom. The standard InChI is InChI=1S/C20H28N4O/c1-22(12-13-23-9-4-5-10-23)20(25)15-24-11-8-17-16-6-2-3-7-18(16)21-19(17)14-24/h2-3,6-7,21H,4-5,8-15H2,1H3. The van der Waals surface area contributed by atoms with E-state index in [0.29, 0.717) is 6.54 Å². The van der Waals surface area contributed by atoms with E-state index in [1.807, 2.05) is 11.9 Å². The van der Waals surface area contributed by atoms with Gasteiger partial charge in [0.05, 0.1) is 6.54 Å². The minimum Gasteiger partial charge on any atom is -0.357 e. The first-order valence-electron chi connectivity index (χ1n) is 9.48. The van der Waals surface area contributed by atoms with Crippen molar-refractivity contribution >= 4 is 16.8 Å². The largest absolute Gasteiger partial charge is 0.357 e. The van der Waals surface area contributed by atoms with Gasteiger partial charge in [0, 0.05) is 49.8 Å². The molecule has 1 fully saturated rings. The van der Waals surface area contributed by atoms with E-state index >= 15 is 0 Å². The molecule has 2 aliphatic rings. The summed E-state index contributed by atoms with van der Waals surface area (Å²) < 4.78 is 0. The molecule has 0 bridgehead atoms. The number of benzene rings is 1. The molecule has 0 radical (unpaired) electrons. The molecule has 1 aromatic heterocycles. The van der Waals surface area contributed by atoms with E-state index in [1.54, 1.807) is 0 Å². The van der Waals surface area contributed by atoms with E-state index in [2.05, 4.69) is 39.0 Å². The van der Waals surface area contributed by atoms with Crippen molar-refractivity contribution in [3.63, 3.8) is 0 Å². The molecule has 5 nitrogen and oxygen atoms in total. The van der Waals surface area contributed by atoms with Gasteiger partial charge in [-0.25, -0.2) is 0 Å². The summed E-state index contributed by atoms with van der Waals surface area (Å²) >= 11 is 0. The fourth-order valence-electron chi connectivity index (χ4n) is 4.12. The molecule has 134 valence electrons. The molecule has 1 N–H and O–H groups in total. The molecule has 2 aromatic rings. The van der Waals surface area contributed by atoms with Gasteiger partial charge in [-0.2, -0.15) is 0 Å². The first kappa shape index (κ1) is 16.6. The second-order valence-electron chi connectivity index (χ2n) is 7.45. The maximum atomic E-state index is 12.6. The monoisotopic (exact) mass is 340 g/mol. The highest BCUT2D eigenvalue weighted by atomic mass is 16.2. The van der Waals surface area contributed by atoms with E-state index < -0.39 is 0 Å². The number of nitrogens with zero attached hydrogens (tertiary/aromatic N) is 3. The molecule has 0 unspecified atom stereocenters. The van der Waals surface area contributed by atoms with Gasteiger partial charge in [-0.15, -0.1) is 0 Å². The zero-order valence-electron chi connectivity index (χ0n) is 15.1. The van der Waals surface area contributed by atoms with Gasteiger partial charge in [0.1, 0.15) is 0 Å². The molecular formula is C20H28N4O. The average Bonchev–Trinajstić information content (AvgIpc) is 3.26. The molecule has 25 heavy (non-hydrogen) atoms. The van der Waals surface area contributed by atoms with Crippen LogP contribution >= 0.6 is 0 Å². The Hall–Kier alpha value is -1.85. The highest BCUT2D eigenvalue weighted by Crippen LogP contribution is 2.27. The zero-order valence-corrected chi connectivity index (χ0v) is 15.1. The molecule has 1 saturated heterocycles.